The predicted molar refractivity (Wildman–Crippen MR) is 117 cm³/mol. The number of anilines is 3. The van der Waals surface area contributed by atoms with E-state index in [-0.39, 0.29) is 11.7 Å². The number of hydrogen-bond donors (Lipinski definition) is 2. The average molecular weight is 394 g/mol. The molecule has 0 saturated carbocycles. The maximum absolute atomic E-state index is 14.8. The highest BCUT2D eigenvalue weighted by Gasteiger charge is 2.28. The van der Waals surface area contributed by atoms with Gasteiger partial charge >= 0.3 is 0 Å². The van der Waals surface area contributed by atoms with Crippen molar-refractivity contribution >= 4 is 28.5 Å². The Bertz CT molecular complexity index is 938. The standard InChI is InChI=1S/C23H27FN4O/c1-3-27(4-2)17-11-12-28(15-17)22-10-9-16(13-20(22)24)25-14-19-18-7-5-6-8-21(18)26-23(19)29/h5-10,13-14,17,25H,3-4,11-12,15H2,1-2H3,(H,26,29)/b19-14-. The summed E-state index contributed by atoms with van der Waals surface area (Å²) in [4.78, 5) is 16.7. The van der Waals surface area contributed by atoms with Crippen LogP contribution in [0.1, 0.15) is 25.8 Å². The second kappa shape index (κ2) is 8.25. The molecule has 2 aliphatic heterocycles. The number of halogens is 1. The summed E-state index contributed by atoms with van der Waals surface area (Å²) < 4.78 is 14.8. The Morgan fingerprint density at radius 1 is 1.24 bits per heavy atom. The molecule has 2 N–H and O–H groups in total. The predicted octanol–water partition coefficient (Wildman–Crippen LogP) is 4.15. The maximum atomic E-state index is 14.8. The van der Waals surface area contributed by atoms with Crippen molar-refractivity contribution in [2.45, 2.75) is 26.3 Å². The number of benzene rings is 2. The highest BCUT2D eigenvalue weighted by Crippen LogP contribution is 2.32. The van der Waals surface area contributed by atoms with E-state index >= 15 is 0 Å². The normalized spacial score (nSPS) is 19.7. The molecule has 1 unspecified atom stereocenters. The molecule has 1 saturated heterocycles. The summed E-state index contributed by atoms with van der Waals surface area (Å²) in [5, 5.41) is 5.90. The molecule has 1 amide bonds. The lowest BCUT2D eigenvalue weighted by Gasteiger charge is -2.26. The Kier molecular flexibility index (Phi) is 5.53. The molecule has 0 radical (unpaired) electrons. The number of nitrogens with zero attached hydrogens (tertiary/aromatic N) is 2. The van der Waals surface area contributed by atoms with E-state index in [1.165, 1.54) is 6.07 Å². The molecule has 2 aromatic carbocycles. The molecule has 0 aromatic heterocycles. The number of carbonyl (C=O) groups excluding carboxylic acids is 1. The Balaban J connectivity index is 1.47. The van der Waals surface area contributed by atoms with Gasteiger partial charge in [0.05, 0.1) is 11.3 Å². The van der Waals surface area contributed by atoms with Crippen LogP contribution in [-0.2, 0) is 4.79 Å². The zero-order valence-electron chi connectivity index (χ0n) is 16.9. The largest absolute Gasteiger partial charge is 0.368 e. The second-order valence-electron chi connectivity index (χ2n) is 7.48. The van der Waals surface area contributed by atoms with Crippen molar-refractivity contribution < 1.29 is 9.18 Å². The Morgan fingerprint density at radius 3 is 2.79 bits per heavy atom. The first-order valence-electron chi connectivity index (χ1n) is 10.3. The summed E-state index contributed by atoms with van der Waals surface area (Å²) in [5.41, 5.74) is 3.45. The molecule has 2 heterocycles. The summed E-state index contributed by atoms with van der Waals surface area (Å²) in [6.07, 6.45) is 2.70. The fourth-order valence-electron chi connectivity index (χ4n) is 4.29. The van der Waals surface area contributed by atoms with Crippen LogP contribution in [0.15, 0.2) is 48.7 Å². The van der Waals surface area contributed by atoms with Crippen molar-refractivity contribution in [3.05, 3.63) is 60.0 Å². The zero-order valence-corrected chi connectivity index (χ0v) is 16.9. The van der Waals surface area contributed by atoms with Gasteiger partial charge in [-0.2, -0.15) is 0 Å². The molecule has 0 bridgehead atoms. The van der Waals surface area contributed by atoms with Crippen LogP contribution in [0.2, 0.25) is 0 Å². The highest BCUT2D eigenvalue weighted by atomic mass is 19.1. The van der Waals surface area contributed by atoms with E-state index in [1.807, 2.05) is 36.4 Å². The van der Waals surface area contributed by atoms with Gasteiger partial charge in [0.1, 0.15) is 5.82 Å². The van der Waals surface area contributed by atoms with Crippen LogP contribution in [0, 0.1) is 5.82 Å². The van der Waals surface area contributed by atoms with E-state index in [0.29, 0.717) is 23.0 Å². The zero-order chi connectivity index (χ0) is 20.4. The summed E-state index contributed by atoms with van der Waals surface area (Å²) in [7, 11) is 0. The SMILES string of the molecule is CCN(CC)C1CCN(c2ccc(N/C=C3\C(=O)Nc4ccccc43)cc2F)C1. The molecule has 5 nitrogen and oxygen atoms in total. The van der Waals surface area contributed by atoms with Crippen LogP contribution in [0.3, 0.4) is 0 Å². The summed E-state index contributed by atoms with van der Waals surface area (Å²) >= 11 is 0. The molecule has 0 aliphatic carbocycles. The van der Waals surface area contributed by atoms with Gasteiger partial charge in [0, 0.05) is 42.3 Å². The Hall–Kier alpha value is -2.86. The van der Waals surface area contributed by atoms with E-state index in [0.717, 1.165) is 43.9 Å². The van der Waals surface area contributed by atoms with Gasteiger partial charge in [-0.1, -0.05) is 32.0 Å². The van der Waals surface area contributed by atoms with Crippen molar-refractivity contribution in [2.24, 2.45) is 0 Å². The Labute approximate surface area is 171 Å². The van der Waals surface area contributed by atoms with Crippen molar-refractivity contribution in [1.29, 1.82) is 0 Å². The molecular weight excluding hydrogens is 367 g/mol. The molecule has 152 valence electrons. The van der Waals surface area contributed by atoms with Crippen LogP contribution in [0.25, 0.3) is 5.57 Å². The molecular formula is C23H27FN4O. The van der Waals surface area contributed by atoms with Gasteiger partial charge in [0.15, 0.2) is 0 Å². The van der Waals surface area contributed by atoms with E-state index in [1.54, 1.807) is 6.20 Å². The van der Waals surface area contributed by atoms with Crippen LogP contribution >= 0.6 is 0 Å². The molecule has 2 aliphatic rings. The van der Waals surface area contributed by atoms with Gasteiger partial charge in [0.25, 0.3) is 5.91 Å². The fourth-order valence-corrected chi connectivity index (χ4v) is 4.29. The number of hydrogen-bond acceptors (Lipinski definition) is 4. The van der Waals surface area contributed by atoms with E-state index in [4.69, 9.17) is 0 Å². The van der Waals surface area contributed by atoms with Crippen molar-refractivity contribution in [3.8, 4) is 0 Å². The maximum Gasteiger partial charge on any atom is 0.257 e. The van der Waals surface area contributed by atoms with E-state index < -0.39 is 0 Å². The summed E-state index contributed by atoms with van der Waals surface area (Å²) in [5.74, 6) is -0.403. The number of fused-ring (bicyclic) bond motifs is 1. The lowest BCUT2D eigenvalue weighted by molar-refractivity contribution is -0.110. The van der Waals surface area contributed by atoms with Gasteiger partial charge in [-0.05, 0) is 43.8 Å². The second-order valence-corrected chi connectivity index (χ2v) is 7.48. The van der Waals surface area contributed by atoms with Gasteiger partial charge in [0.2, 0.25) is 0 Å². The third-order valence-corrected chi connectivity index (χ3v) is 5.87. The van der Waals surface area contributed by atoms with Crippen LogP contribution < -0.4 is 15.5 Å². The van der Waals surface area contributed by atoms with Gasteiger partial charge in [-0.25, -0.2) is 4.39 Å². The molecule has 6 heteroatoms. The first-order valence-corrected chi connectivity index (χ1v) is 10.3. The molecule has 29 heavy (non-hydrogen) atoms. The van der Waals surface area contributed by atoms with Crippen molar-refractivity contribution in [2.75, 3.05) is 41.7 Å². The minimum atomic E-state index is -0.245. The minimum absolute atomic E-state index is 0.157. The lowest BCUT2D eigenvalue weighted by atomic mass is 10.1. The first kappa shape index (κ1) is 19.5. The van der Waals surface area contributed by atoms with Crippen LogP contribution in [0.4, 0.5) is 21.5 Å². The third kappa shape index (κ3) is 3.85. The molecule has 1 fully saturated rings. The molecule has 2 aromatic rings. The summed E-state index contributed by atoms with van der Waals surface area (Å²) in [6, 6.07) is 13.2. The van der Waals surface area contributed by atoms with Crippen LogP contribution in [0.5, 0.6) is 0 Å². The van der Waals surface area contributed by atoms with Crippen molar-refractivity contribution in [1.82, 2.24) is 4.90 Å². The third-order valence-electron chi connectivity index (χ3n) is 5.87. The Morgan fingerprint density at radius 2 is 2.03 bits per heavy atom. The average Bonchev–Trinajstić information content (AvgIpc) is 3.32. The minimum Gasteiger partial charge on any atom is -0.368 e. The van der Waals surface area contributed by atoms with Gasteiger partial charge in [-0.3, -0.25) is 9.69 Å². The fraction of sp³-hybridized carbons (Fsp3) is 0.348. The monoisotopic (exact) mass is 394 g/mol. The number of para-hydroxylation sites is 1. The smallest absolute Gasteiger partial charge is 0.257 e. The number of nitrogens with one attached hydrogen (secondary N) is 2. The van der Waals surface area contributed by atoms with Gasteiger partial charge < -0.3 is 15.5 Å². The van der Waals surface area contributed by atoms with E-state index in [9.17, 15) is 9.18 Å². The summed E-state index contributed by atoms with van der Waals surface area (Å²) in [6.45, 7) is 8.10. The number of carbonyl (C=O) groups is 1. The van der Waals surface area contributed by atoms with Crippen LogP contribution in [-0.4, -0.2) is 43.0 Å². The quantitative estimate of drug-likeness (QED) is 0.723. The molecule has 4 rings (SSSR count). The van der Waals surface area contributed by atoms with E-state index in [2.05, 4.69) is 34.3 Å². The first-order chi connectivity index (χ1) is 14.1. The van der Waals surface area contributed by atoms with Crippen molar-refractivity contribution in [3.63, 3.8) is 0 Å². The number of rotatable bonds is 6. The van der Waals surface area contributed by atoms with Gasteiger partial charge in [-0.15, -0.1) is 0 Å². The number of likely N-dealkylation sites (N-methyl/N-ethyl adjacent to an activating group) is 1. The molecule has 1 atom stereocenters. The topological polar surface area (TPSA) is 47.6 Å². The highest BCUT2D eigenvalue weighted by molar-refractivity contribution is 6.31. The number of amides is 1. The lowest BCUT2D eigenvalue weighted by Crippen LogP contribution is -2.37. The molecule has 0 spiro atoms.